The van der Waals surface area contributed by atoms with Gasteiger partial charge in [-0.15, -0.1) is 0 Å². The smallest absolute Gasteiger partial charge is 0.254 e. The summed E-state index contributed by atoms with van der Waals surface area (Å²) in [7, 11) is 1.86. The number of amides is 1. The van der Waals surface area contributed by atoms with Crippen molar-refractivity contribution in [1.29, 1.82) is 0 Å². The number of primary amides is 1. The lowest BCUT2D eigenvalue weighted by molar-refractivity contribution is 0.1000. The van der Waals surface area contributed by atoms with Crippen molar-refractivity contribution in [3.05, 3.63) is 11.3 Å². The highest BCUT2D eigenvalue weighted by molar-refractivity contribution is 5.99. The summed E-state index contributed by atoms with van der Waals surface area (Å²) in [5, 5.41) is 4.33. The van der Waals surface area contributed by atoms with Crippen LogP contribution in [0.2, 0.25) is 0 Å². The second kappa shape index (κ2) is 5.61. The Hall–Kier alpha value is -1.56. The molecule has 2 rings (SSSR count). The minimum atomic E-state index is -0.401. The molecule has 0 spiro atoms. The molecule has 6 heteroatoms. The Bertz CT molecular complexity index is 466. The Kier molecular flexibility index (Phi) is 4.09. The largest absolute Gasteiger partial charge is 0.365 e. The molecule has 19 heavy (non-hydrogen) atoms. The van der Waals surface area contributed by atoms with Crippen LogP contribution in [0.25, 0.3) is 0 Å². The van der Waals surface area contributed by atoms with Crippen LogP contribution in [0.15, 0.2) is 0 Å². The molecule has 1 aromatic heterocycles. The first-order valence-electron chi connectivity index (χ1n) is 6.83. The van der Waals surface area contributed by atoms with E-state index in [1.165, 1.54) is 6.42 Å². The molecule has 106 valence electrons. The predicted molar refractivity (Wildman–Crippen MR) is 75.1 cm³/mol. The Labute approximate surface area is 113 Å². The van der Waals surface area contributed by atoms with E-state index in [0.717, 1.165) is 31.7 Å². The van der Waals surface area contributed by atoms with Gasteiger partial charge in [0, 0.05) is 20.1 Å². The lowest BCUT2D eigenvalue weighted by atomic mass is 9.94. The van der Waals surface area contributed by atoms with Crippen LogP contribution < -0.4 is 16.4 Å². The van der Waals surface area contributed by atoms with Gasteiger partial charge in [0.15, 0.2) is 0 Å². The maximum absolute atomic E-state index is 11.6. The Morgan fingerprint density at radius 3 is 2.89 bits per heavy atom. The number of hydrogen-bond acceptors (Lipinski definition) is 4. The molecule has 1 saturated heterocycles. The fourth-order valence-electron chi connectivity index (χ4n) is 3.03. The molecular weight excluding hydrogens is 242 g/mol. The van der Waals surface area contributed by atoms with Crippen LogP contribution in [0.3, 0.4) is 0 Å². The zero-order chi connectivity index (χ0) is 14.0. The topological polar surface area (TPSA) is 90.2 Å². The van der Waals surface area contributed by atoms with E-state index in [1.54, 1.807) is 4.68 Å². The summed E-state index contributed by atoms with van der Waals surface area (Å²) in [4.78, 5) is 13.9. The number of carbonyl (C=O) groups is 1. The van der Waals surface area contributed by atoms with Crippen LogP contribution in [0.1, 0.15) is 35.3 Å². The molecular formula is C13H23N5O. The summed E-state index contributed by atoms with van der Waals surface area (Å²) in [6.07, 6.45) is 3.35. The predicted octanol–water partition coefficient (Wildman–Crippen LogP) is 0.393. The van der Waals surface area contributed by atoms with E-state index in [2.05, 4.69) is 10.00 Å². The second-order valence-electron chi connectivity index (χ2n) is 5.30. The monoisotopic (exact) mass is 265 g/mol. The summed E-state index contributed by atoms with van der Waals surface area (Å²) >= 11 is 0. The van der Waals surface area contributed by atoms with Crippen LogP contribution in [0.4, 0.5) is 5.82 Å². The number of piperidine rings is 1. The van der Waals surface area contributed by atoms with Gasteiger partial charge in [0.1, 0.15) is 11.4 Å². The lowest BCUT2D eigenvalue weighted by Crippen LogP contribution is -2.38. The summed E-state index contributed by atoms with van der Waals surface area (Å²) in [5.41, 5.74) is 12.4. The van der Waals surface area contributed by atoms with E-state index in [0.29, 0.717) is 23.7 Å². The number of hydrogen-bond donors (Lipinski definition) is 2. The highest BCUT2D eigenvalue weighted by atomic mass is 16.1. The van der Waals surface area contributed by atoms with Crippen molar-refractivity contribution in [2.75, 3.05) is 24.5 Å². The van der Waals surface area contributed by atoms with Crippen molar-refractivity contribution in [1.82, 2.24) is 9.78 Å². The molecule has 1 fully saturated rings. The van der Waals surface area contributed by atoms with Crippen LogP contribution in [-0.4, -0.2) is 35.3 Å². The number of nitrogens with two attached hydrogens (primary N) is 2. The third-order valence-corrected chi connectivity index (χ3v) is 3.83. The summed E-state index contributed by atoms with van der Waals surface area (Å²) in [6.45, 7) is 4.41. The molecule has 4 N–H and O–H groups in total. The van der Waals surface area contributed by atoms with Crippen LogP contribution in [0, 0.1) is 12.8 Å². The number of aromatic nitrogens is 2. The van der Waals surface area contributed by atoms with E-state index in [-0.39, 0.29) is 0 Å². The zero-order valence-corrected chi connectivity index (χ0v) is 11.7. The SMILES string of the molecule is Cc1nn(C)c(N2CCCC(CCN)C2)c1C(N)=O. The fraction of sp³-hybridized carbons (Fsp3) is 0.692. The number of carbonyl (C=O) groups excluding carboxylic acids is 1. The third-order valence-electron chi connectivity index (χ3n) is 3.83. The number of rotatable bonds is 4. The molecule has 1 aromatic rings. The van der Waals surface area contributed by atoms with E-state index < -0.39 is 5.91 Å². The van der Waals surface area contributed by atoms with Gasteiger partial charge in [-0.25, -0.2) is 0 Å². The highest BCUT2D eigenvalue weighted by Crippen LogP contribution is 2.28. The Balaban J connectivity index is 2.28. The maximum Gasteiger partial charge on any atom is 0.254 e. The first-order valence-corrected chi connectivity index (χ1v) is 6.83. The number of aryl methyl sites for hydroxylation is 2. The molecule has 0 bridgehead atoms. The quantitative estimate of drug-likeness (QED) is 0.824. The molecule has 1 amide bonds. The Morgan fingerprint density at radius 2 is 2.26 bits per heavy atom. The van der Waals surface area contributed by atoms with Crippen molar-refractivity contribution in [3.8, 4) is 0 Å². The molecule has 2 heterocycles. The van der Waals surface area contributed by atoms with Crippen molar-refractivity contribution in [2.45, 2.75) is 26.2 Å². The van der Waals surface area contributed by atoms with Gasteiger partial charge in [-0.1, -0.05) is 0 Å². The standard InChI is InChI=1S/C13H23N5O/c1-9-11(12(15)19)13(17(2)16-9)18-7-3-4-10(8-18)5-6-14/h10H,3-8,14H2,1-2H3,(H2,15,19). The minimum absolute atomic E-state index is 0.401. The third kappa shape index (κ3) is 2.73. The van der Waals surface area contributed by atoms with Gasteiger partial charge in [-0.05, 0) is 38.6 Å². The van der Waals surface area contributed by atoms with Gasteiger partial charge in [0.05, 0.1) is 5.69 Å². The molecule has 0 aromatic carbocycles. The highest BCUT2D eigenvalue weighted by Gasteiger charge is 2.27. The Morgan fingerprint density at radius 1 is 1.53 bits per heavy atom. The summed E-state index contributed by atoms with van der Waals surface area (Å²) < 4.78 is 1.76. The second-order valence-corrected chi connectivity index (χ2v) is 5.30. The normalized spacial score (nSPS) is 19.7. The van der Waals surface area contributed by atoms with Crippen molar-refractivity contribution < 1.29 is 4.79 Å². The van der Waals surface area contributed by atoms with E-state index in [9.17, 15) is 4.79 Å². The van der Waals surface area contributed by atoms with Gasteiger partial charge in [-0.3, -0.25) is 9.48 Å². The molecule has 1 aliphatic heterocycles. The van der Waals surface area contributed by atoms with Gasteiger partial charge >= 0.3 is 0 Å². The average molecular weight is 265 g/mol. The van der Waals surface area contributed by atoms with Gasteiger partial charge < -0.3 is 16.4 Å². The molecule has 1 aliphatic rings. The zero-order valence-electron chi connectivity index (χ0n) is 11.7. The molecule has 6 nitrogen and oxygen atoms in total. The van der Waals surface area contributed by atoms with Crippen LogP contribution in [-0.2, 0) is 7.05 Å². The maximum atomic E-state index is 11.6. The molecule has 1 atom stereocenters. The fourth-order valence-corrected chi connectivity index (χ4v) is 3.03. The molecule has 1 unspecified atom stereocenters. The first kappa shape index (κ1) is 13.9. The van der Waals surface area contributed by atoms with Crippen LogP contribution in [0.5, 0.6) is 0 Å². The summed E-state index contributed by atoms with van der Waals surface area (Å²) in [6, 6.07) is 0. The van der Waals surface area contributed by atoms with Crippen molar-refractivity contribution in [2.24, 2.45) is 24.4 Å². The van der Waals surface area contributed by atoms with Crippen molar-refractivity contribution in [3.63, 3.8) is 0 Å². The molecule has 0 radical (unpaired) electrons. The van der Waals surface area contributed by atoms with E-state index in [4.69, 9.17) is 11.5 Å². The number of anilines is 1. The van der Waals surface area contributed by atoms with E-state index in [1.807, 2.05) is 14.0 Å². The van der Waals surface area contributed by atoms with Gasteiger partial charge in [0.25, 0.3) is 5.91 Å². The summed E-state index contributed by atoms with van der Waals surface area (Å²) in [5.74, 6) is 1.04. The minimum Gasteiger partial charge on any atom is -0.365 e. The van der Waals surface area contributed by atoms with Gasteiger partial charge in [-0.2, -0.15) is 5.10 Å². The molecule has 0 saturated carbocycles. The molecule has 0 aliphatic carbocycles. The lowest BCUT2D eigenvalue weighted by Gasteiger charge is -2.34. The number of nitrogens with zero attached hydrogens (tertiary/aromatic N) is 3. The van der Waals surface area contributed by atoms with Crippen LogP contribution >= 0.6 is 0 Å². The van der Waals surface area contributed by atoms with E-state index >= 15 is 0 Å². The van der Waals surface area contributed by atoms with Crippen molar-refractivity contribution >= 4 is 11.7 Å². The average Bonchev–Trinajstić information content (AvgIpc) is 2.65. The first-order chi connectivity index (χ1) is 9.04. The van der Waals surface area contributed by atoms with Gasteiger partial charge in [0.2, 0.25) is 0 Å².